The highest BCUT2D eigenvalue weighted by atomic mass is 19.4. The van der Waals surface area contributed by atoms with E-state index in [1.54, 1.807) is 42.6 Å². The first-order valence-electron chi connectivity index (χ1n) is 9.82. The zero-order valence-corrected chi connectivity index (χ0v) is 16.8. The third-order valence-electron chi connectivity index (χ3n) is 4.78. The average molecular weight is 440 g/mol. The molecule has 0 saturated carbocycles. The molecule has 4 aromatic rings. The molecule has 5 nitrogen and oxygen atoms in total. The molecule has 2 N–H and O–H groups in total. The first kappa shape index (κ1) is 21.3. The summed E-state index contributed by atoms with van der Waals surface area (Å²) in [5, 5.41) is 3.44. The summed E-state index contributed by atoms with van der Waals surface area (Å²) in [4.78, 5) is 15.2. The Hall–Kier alpha value is -3.94. The number of hydrogen-bond donors (Lipinski definition) is 2. The summed E-state index contributed by atoms with van der Waals surface area (Å²) >= 11 is 0. The van der Waals surface area contributed by atoms with Crippen molar-refractivity contribution >= 4 is 22.7 Å². The molecular formula is C24H19F3N2O3. The molecule has 1 heterocycles. The summed E-state index contributed by atoms with van der Waals surface area (Å²) in [6.45, 7) is 0.292. The number of alkyl halides is 3. The van der Waals surface area contributed by atoms with Crippen LogP contribution in [0.25, 0.3) is 10.9 Å². The van der Waals surface area contributed by atoms with Crippen LogP contribution in [0.5, 0.6) is 11.5 Å². The van der Waals surface area contributed by atoms with Crippen molar-refractivity contribution < 1.29 is 27.4 Å². The number of ether oxygens (including phenoxy) is 2. The molecule has 0 fully saturated rings. The minimum Gasteiger partial charge on any atom is -0.493 e. The summed E-state index contributed by atoms with van der Waals surface area (Å²) in [6, 6.07) is 19.1. The van der Waals surface area contributed by atoms with E-state index >= 15 is 0 Å². The molecule has 0 spiro atoms. The Labute approximate surface area is 181 Å². The normalized spacial score (nSPS) is 11.3. The summed E-state index contributed by atoms with van der Waals surface area (Å²) < 4.78 is 49.0. The molecule has 0 radical (unpaired) electrons. The van der Waals surface area contributed by atoms with E-state index in [1.807, 2.05) is 12.1 Å². The topological polar surface area (TPSA) is 63.4 Å². The number of H-pyrrole nitrogens is 1. The Morgan fingerprint density at radius 3 is 2.41 bits per heavy atom. The molecule has 1 aromatic heterocycles. The van der Waals surface area contributed by atoms with Gasteiger partial charge in [0, 0.05) is 23.5 Å². The molecule has 4 rings (SSSR count). The van der Waals surface area contributed by atoms with Crippen molar-refractivity contribution in [3.05, 3.63) is 90.1 Å². The second-order valence-electron chi connectivity index (χ2n) is 7.03. The van der Waals surface area contributed by atoms with Gasteiger partial charge in [-0.25, -0.2) is 4.79 Å². The third-order valence-corrected chi connectivity index (χ3v) is 4.78. The van der Waals surface area contributed by atoms with Gasteiger partial charge in [0.1, 0.15) is 11.5 Å². The number of benzene rings is 3. The molecule has 0 unspecified atom stereocenters. The fraction of sp³-hybridized carbons (Fsp3) is 0.125. The monoisotopic (exact) mass is 440 g/mol. The van der Waals surface area contributed by atoms with E-state index in [9.17, 15) is 18.0 Å². The maximum absolute atomic E-state index is 12.7. The highest BCUT2D eigenvalue weighted by Gasteiger charge is 2.29. The van der Waals surface area contributed by atoms with Crippen LogP contribution in [0.4, 0.5) is 23.7 Å². The van der Waals surface area contributed by atoms with Gasteiger partial charge in [-0.1, -0.05) is 30.3 Å². The molecule has 0 aliphatic carbocycles. The Morgan fingerprint density at radius 1 is 0.938 bits per heavy atom. The summed E-state index contributed by atoms with van der Waals surface area (Å²) in [5.41, 5.74) is 1.40. The van der Waals surface area contributed by atoms with Crippen molar-refractivity contribution in [2.45, 2.75) is 12.6 Å². The molecule has 0 aliphatic heterocycles. The summed E-state index contributed by atoms with van der Waals surface area (Å²) in [7, 11) is 0. The molecule has 0 atom stereocenters. The number of aromatic nitrogens is 1. The lowest BCUT2D eigenvalue weighted by atomic mass is 10.1. The van der Waals surface area contributed by atoms with Crippen LogP contribution in [0.15, 0.2) is 79.0 Å². The van der Waals surface area contributed by atoms with Crippen molar-refractivity contribution in [2.75, 3.05) is 11.9 Å². The van der Waals surface area contributed by atoms with Gasteiger partial charge in [0.05, 0.1) is 17.9 Å². The lowest BCUT2D eigenvalue weighted by Crippen LogP contribution is -2.16. The lowest BCUT2D eigenvalue weighted by Gasteiger charge is -2.09. The second-order valence-corrected chi connectivity index (χ2v) is 7.03. The smallest absolute Gasteiger partial charge is 0.417 e. The van der Waals surface area contributed by atoms with Crippen molar-refractivity contribution in [1.29, 1.82) is 0 Å². The van der Waals surface area contributed by atoms with E-state index < -0.39 is 17.8 Å². The van der Waals surface area contributed by atoms with Gasteiger partial charge >= 0.3 is 12.3 Å². The number of halogens is 3. The van der Waals surface area contributed by atoms with E-state index in [0.717, 1.165) is 28.6 Å². The largest absolute Gasteiger partial charge is 0.493 e. The Kier molecular flexibility index (Phi) is 6.02. The van der Waals surface area contributed by atoms with E-state index in [-0.39, 0.29) is 0 Å². The van der Waals surface area contributed by atoms with Gasteiger partial charge < -0.3 is 14.5 Å². The molecule has 1 amide bonds. The van der Waals surface area contributed by atoms with Crippen LogP contribution >= 0.6 is 0 Å². The maximum atomic E-state index is 12.7. The van der Waals surface area contributed by atoms with Crippen molar-refractivity contribution in [3.8, 4) is 11.5 Å². The van der Waals surface area contributed by atoms with E-state index in [1.165, 1.54) is 12.1 Å². The summed E-state index contributed by atoms with van der Waals surface area (Å²) in [6.07, 6.45) is -2.85. The molecule has 3 aromatic carbocycles. The van der Waals surface area contributed by atoms with E-state index in [0.29, 0.717) is 30.2 Å². The molecule has 0 aliphatic rings. The molecule has 0 bridgehead atoms. The van der Waals surface area contributed by atoms with Crippen molar-refractivity contribution in [3.63, 3.8) is 0 Å². The number of para-hydroxylation sites is 1. The van der Waals surface area contributed by atoms with Crippen LogP contribution in [0.2, 0.25) is 0 Å². The number of rotatable bonds is 6. The molecule has 164 valence electrons. The minimum atomic E-state index is -4.35. The minimum absolute atomic E-state index is 0.292. The number of hydrogen-bond acceptors (Lipinski definition) is 3. The Bertz CT molecular complexity index is 1200. The highest BCUT2D eigenvalue weighted by molar-refractivity contribution is 6.00. The molecule has 32 heavy (non-hydrogen) atoms. The second kappa shape index (κ2) is 9.05. The number of anilines is 1. The van der Waals surface area contributed by atoms with Crippen LogP contribution in [-0.4, -0.2) is 17.7 Å². The van der Waals surface area contributed by atoms with Crippen LogP contribution in [0.1, 0.15) is 11.1 Å². The first-order chi connectivity index (χ1) is 15.4. The molecule has 0 saturated heterocycles. The van der Waals surface area contributed by atoms with Crippen LogP contribution in [0, 0.1) is 0 Å². The van der Waals surface area contributed by atoms with E-state index in [2.05, 4.69) is 10.3 Å². The zero-order chi connectivity index (χ0) is 22.6. The first-order valence-corrected chi connectivity index (χ1v) is 9.82. The van der Waals surface area contributed by atoms with Crippen LogP contribution in [-0.2, 0) is 12.6 Å². The van der Waals surface area contributed by atoms with Crippen LogP contribution < -0.4 is 14.8 Å². The maximum Gasteiger partial charge on any atom is 0.417 e. The highest BCUT2D eigenvalue weighted by Crippen LogP contribution is 2.30. The van der Waals surface area contributed by atoms with Gasteiger partial charge in [0.2, 0.25) is 0 Å². The number of carbonyl (C=O) groups excluding carboxylic acids is 1. The fourth-order valence-electron chi connectivity index (χ4n) is 3.17. The van der Waals surface area contributed by atoms with Gasteiger partial charge in [-0.05, 0) is 48.0 Å². The molecule has 8 heteroatoms. The van der Waals surface area contributed by atoms with Gasteiger partial charge in [-0.2, -0.15) is 13.2 Å². The van der Waals surface area contributed by atoms with Gasteiger partial charge in [-0.15, -0.1) is 0 Å². The SMILES string of the molecule is O=C(Nc1c[nH]c2ccc(OCCc3ccc(C(F)(F)F)cc3)cc12)Oc1ccccc1. The van der Waals surface area contributed by atoms with Gasteiger partial charge in [0.25, 0.3) is 0 Å². The van der Waals surface area contributed by atoms with Gasteiger partial charge in [0.15, 0.2) is 0 Å². The Balaban J connectivity index is 1.37. The average Bonchev–Trinajstić information content (AvgIpc) is 3.16. The number of amides is 1. The summed E-state index contributed by atoms with van der Waals surface area (Å²) in [5.74, 6) is 1.00. The number of fused-ring (bicyclic) bond motifs is 1. The predicted octanol–water partition coefficient (Wildman–Crippen LogP) is 6.42. The zero-order valence-electron chi connectivity index (χ0n) is 16.8. The fourth-order valence-corrected chi connectivity index (χ4v) is 3.17. The third kappa shape index (κ3) is 5.21. The number of aromatic amines is 1. The Morgan fingerprint density at radius 2 is 1.69 bits per heavy atom. The van der Waals surface area contributed by atoms with E-state index in [4.69, 9.17) is 9.47 Å². The lowest BCUT2D eigenvalue weighted by molar-refractivity contribution is -0.137. The standard InChI is InChI=1S/C24H19F3N2O3/c25-24(26,27)17-8-6-16(7-9-17)12-13-31-19-10-11-21-20(14-19)22(15-28-21)29-23(30)32-18-4-2-1-3-5-18/h1-11,14-15,28H,12-13H2,(H,29,30). The number of nitrogens with one attached hydrogen (secondary N) is 2. The van der Waals surface area contributed by atoms with Crippen molar-refractivity contribution in [1.82, 2.24) is 4.98 Å². The predicted molar refractivity (Wildman–Crippen MR) is 115 cm³/mol. The van der Waals surface area contributed by atoms with Crippen molar-refractivity contribution in [2.24, 2.45) is 0 Å². The van der Waals surface area contributed by atoms with Crippen LogP contribution in [0.3, 0.4) is 0 Å². The van der Waals surface area contributed by atoms with Gasteiger partial charge in [-0.3, -0.25) is 5.32 Å². The quantitative estimate of drug-likeness (QED) is 0.364. The molecular weight excluding hydrogens is 421 g/mol. The number of carbonyl (C=O) groups is 1.